The summed E-state index contributed by atoms with van der Waals surface area (Å²) >= 11 is 1.08. The molecule has 1 amide bonds. The molecule has 4 rings (SSSR count). The van der Waals surface area contributed by atoms with Crippen LogP contribution in [0.15, 0.2) is 42.9 Å². The number of carbonyl (C=O) groups excluding carboxylic acids is 2. The molecule has 0 radical (unpaired) electrons. The molecule has 212 valence electrons. The number of sulfonamides is 1. The van der Waals surface area contributed by atoms with Gasteiger partial charge in [-0.05, 0) is 65.8 Å². The van der Waals surface area contributed by atoms with Crippen molar-refractivity contribution in [1.29, 1.82) is 0 Å². The lowest BCUT2D eigenvalue weighted by Gasteiger charge is -2.25. The normalized spacial score (nSPS) is 12.3. The Morgan fingerprint density at radius 3 is 2.33 bits per heavy atom. The van der Waals surface area contributed by atoms with E-state index in [2.05, 4.69) is 25.0 Å². The Morgan fingerprint density at radius 2 is 1.68 bits per heavy atom. The third kappa shape index (κ3) is 7.09. The van der Waals surface area contributed by atoms with Crippen LogP contribution in [-0.2, 0) is 19.5 Å². The Bertz CT molecular complexity index is 1680. The lowest BCUT2D eigenvalue weighted by atomic mass is 10.2. The highest BCUT2D eigenvalue weighted by molar-refractivity contribution is 7.92. The maximum absolute atomic E-state index is 13.4. The minimum atomic E-state index is -3.51. The van der Waals surface area contributed by atoms with Gasteiger partial charge in [-0.3, -0.25) is 9.71 Å². The van der Waals surface area contributed by atoms with E-state index >= 15 is 0 Å². The largest absolute Gasteiger partial charge is 0.443 e. The van der Waals surface area contributed by atoms with Crippen LogP contribution in [-0.4, -0.2) is 63.0 Å². The summed E-state index contributed by atoms with van der Waals surface area (Å²) in [6.07, 6.45) is 4.08. The Labute approximate surface area is 235 Å². The van der Waals surface area contributed by atoms with Crippen LogP contribution < -0.4 is 9.62 Å². The summed E-state index contributed by atoms with van der Waals surface area (Å²) < 4.78 is 37.9. The van der Waals surface area contributed by atoms with Crippen molar-refractivity contribution in [3.05, 3.63) is 42.9 Å². The zero-order chi connectivity index (χ0) is 29.5. The Morgan fingerprint density at radius 1 is 0.975 bits per heavy atom. The van der Waals surface area contributed by atoms with Gasteiger partial charge in [0.15, 0.2) is 5.01 Å². The topological polar surface area (TPSA) is 158 Å². The van der Waals surface area contributed by atoms with Crippen molar-refractivity contribution in [3.8, 4) is 10.6 Å². The molecule has 1 aromatic carbocycles. The van der Waals surface area contributed by atoms with Crippen molar-refractivity contribution < 1.29 is 27.5 Å². The standard InChI is InChI=1S/C25H29N7O6S2/c1-24(2,3)37-22(33)31(18-8-9-19-15(11-18)13-27-32(19)23(34)38-25(4,5)6)21-29-28-20(39-21)16-10-17(14-26-12-16)30-40(7,35)36/h8-14,30H,1-7H3. The van der Waals surface area contributed by atoms with E-state index in [4.69, 9.17) is 9.47 Å². The van der Waals surface area contributed by atoms with Crippen LogP contribution in [0.4, 0.5) is 26.1 Å². The van der Waals surface area contributed by atoms with Crippen LogP contribution in [0.1, 0.15) is 41.5 Å². The first kappa shape index (κ1) is 28.9. The number of rotatable bonds is 5. The van der Waals surface area contributed by atoms with Gasteiger partial charge in [-0.25, -0.2) is 22.9 Å². The van der Waals surface area contributed by atoms with Gasteiger partial charge in [0.2, 0.25) is 15.2 Å². The number of benzene rings is 1. The molecule has 0 bridgehead atoms. The SMILES string of the molecule is CC(C)(C)OC(=O)N(c1ccc2c(cnn2C(=O)OC(C)(C)C)c1)c1nnc(-c2cncc(NS(C)(=O)=O)c2)s1. The van der Waals surface area contributed by atoms with Gasteiger partial charge >= 0.3 is 12.2 Å². The number of fused-ring (bicyclic) bond motifs is 1. The van der Waals surface area contributed by atoms with E-state index in [1.807, 2.05) is 0 Å². The summed E-state index contributed by atoms with van der Waals surface area (Å²) in [4.78, 5) is 31.3. The number of hydrogen-bond acceptors (Lipinski definition) is 11. The summed E-state index contributed by atoms with van der Waals surface area (Å²) in [5.41, 5.74) is 0.141. The number of ether oxygens (including phenoxy) is 2. The zero-order valence-corrected chi connectivity index (χ0v) is 24.6. The monoisotopic (exact) mass is 587 g/mol. The maximum atomic E-state index is 13.4. The number of carbonyl (C=O) groups is 2. The summed E-state index contributed by atoms with van der Waals surface area (Å²) in [5.74, 6) is 0. The third-order valence-electron chi connectivity index (χ3n) is 4.85. The van der Waals surface area contributed by atoms with Gasteiger partial charge in [0.05, 0.1) is 35.5 Å². The summed E-state index contributed by atoms with van der Waals surface area (Å²) in [5, 5.41) is 13.7. The molecule has 0 aliphatic rings. The van der Waals surface area contributed by atoms with E-state index in [-0.39, 0.29) is 10.8 Å². The van der Waals surface area contributed by atoms with Gasteiger partial charge < -0.3 is 9.47 Å². The number of pyridine rings is 1. The average molecular weight is 588 g/mol. The molecule has 0 spiro atoms. The van der Waals surface area contributed by atoms with E-state index in [9.17, 15) is 18.0 Å². The van der Waals surface area contributed by atoms with Gasteiger partial charge in [0.25, 0.3) is 0 Å². The molecule has 15 heteroatoms. The van der Waals surface area contributed by atoms with Crippen LogP contribution in [0.2, 0.25) is 0 Å². The van der Waals surface area contributed by atoms with Crippen LogP contribution in [0.3, 0.4) is 0 Å². The van der Waals surface area contributed by atoms with Gasteiger partial charge in [-0.2, -0.15) is 9.78 Å². The lowest BCUT2D eigenvalue weighted by Crippen LogP contribution is -2.33. The van der Waals surface area contributed by atoms with Gasteiger partial charge in [-0.15, -0.1) is 10.2 Å². The number of nitrogens with one attached hydrogen (secondary N) is 1. The predicted molar refractivity (Wildman–Crippen MR) is 151 cm³/mol. The van der Waals surface area contributed by atoms with Crippen molar-refractivity contribution in [2.45, 2.75) is 52.7 Å². The molecule has 0 saturated carbocycles. The molecule has 0 aliphatic heterocycles. The van der Waals surface area contributed by atoms with Gasteiger partial charge in [0.1, 0.15) is 11.2 Å². The Kier molecular flexibility index (Phi) is 7.56. The number of amides is 1. The maximum Gasteiger partial charge on any atom is 0.435 e. The molecule has 4 aromatic rings. The molecule has 13 nitrogen and oxygen atoms in total. The Hall–Kier alpha value is -4.11. The average Bonchev–Trinajstić information content (AvgIpc) is 3.43. The smallest absolute Gasteiger partial charge is 0.435 e. The van der Waals surface area contributed by atoms with Crippen molar-refractivity contribution in [2.24, 2.45) is 0 Å². The van der Waals surface area contributed by atoms with Crippen LogP contribution in [0.5, 0.6) is 0 Å². The number of hydrogen-bond donors (Lipinski definition) is 1. The van der Waals surface area contributed by atoms with E-state index in [0.717, 1.165) is 22.3 Å². The molecule has 40 heavy (non-hydrogen) atoms. The van der Waals surface area contributed by atoms with Crippen LogP contribution in [0.25, 0.3) is 21.5 Å². The highest BCUT2D eigenvalue weighted by Gasteiger charge is 2.29. The van der Waals surface area contributed by atoms with E-state index in [0.29, 0.717) is 27.2 Å². The van der Waals surface area contributed by atoms with Crippen LogP contribution >= 0.6 is 11.3 Å². The van der Waals surface area contributed by atoms with Crippen molar-refractivity contribution in [3.63, 3.8) is 0 Å². The quantitative estimate of drug-likeness (QED) is 0.330. The lowest BCUT2D eigenvalue weighted by molar-refractivity contribution is 0.0521. The van der Waals surface area contributed by atoms with Crippen LogP contribution in [0, 0.1) is 0 Å². The second kappa shape index (κ2) is 10.5. The molecule has 0 saturated heterocycles. The zero-order valence-electron chi connectivity index (χ0n) is 23.0. The fourth-order valence-corrected chi connectivity index (χ4v) is 4.84. The second-order valence-corrected chi connectivity index (χ2v) is 13.5. The molecular weight excluding hydrogens is 558 g/mol. The van der Waals surface area contributed by atoms with Gasteiger partial charge in [0, 0.05) is 17.1 Å². The molecule has 0 aliphatic carbocycles. The number of nitrogens with zero attached hydrogens (tertiary/aromatic N) is 6. The highest BCUT2D eigenvalue weighted by Crippen LogP contribution is 2.36. The molecule has 0 atom stereocenters. The highest BCUT2D eigenvalue weighted by atomic mass is 32.2. The van der Waals surface area contributed by atoms with E-state index in [1.165, 1.54) is 23.5 Å². The van der Waals surface area contributed by atoms with E-state index < -0.39 is 33.4 Å². The van der Waals surface area contributed by atoms with Crippen molar-refractivity contribution in [2.75, 3.05) is 15.9 Å². The minimum Gasteiger partial charge on any atom is -0.443 e. The third-order valence-corrected chi connectivity index (χ3v) is 6.41. The predicted octanol–water partition coefficient (Wildman–Crippen LogP) is 5.18. The summed E-state index contributed by atoms with van der Waals surface area (Å²) in [6, 6.07) is 6.51. The number of anilines is 3. The molecule has 3 heterocycles. The molecule has 3 aromatic heterocycles. The van der Waals surface area contributed by atoms with Crippen molar-refractivity contribution in [1.82, 2.24) is 25.0 Å². The summed E-state index contributed by atoms with van der Waals surface area (Å²) in [7, 11) is -3.51. The fourth-order valence-electron chi connectivity index (χ4n) is 3.46. The van der Waals surface area contributed by atoms with Crippen molar-refractivity contribution >= 4 is 61.0 Å². The molecule has 0 unspecified atom stereocenters. The fraction of sp³-hybridized carbons (Fsp3) is 0.360. The summed E-state index contributed by atoms with van der Waals surface area (Å²) in [6.45, 7) is 10.5. The molecular formula is C25H29N7O6S2. The Balaban J connectivity index is 1.73. The minimum absolute atomic E-state index is 0.199. The van der Waals surface area contributed by atoms with E-state index in [1.54, 1.807) is 65.8 Å². The van der Waals surface area contributed by atoms with Gasteiger partial charge in [-0.1, -0.05) is 11.3 Å². The molecule has 1 N–H and O–H groups in total. The first-order chi connectivity index (χ1) is 18.5. The first-order valence-electron chi connectivity index (χ1n) is 12.0. The number of aromatic nitrogens is 5. The first-order valence-corrected chi connectivity index (χ1v) is 14.7. The molecule has 0 fully saturated rings. The second-order valence-electron chi connectivity index (χ2n) is 10.8.